The number of amides is 1. The minimum Gasteiger partial charge on any atom is -0.446 e. The molecule has 4 nitrogen and oxygen atoms in total. The molecule has 2 unspecified atom stereocenters. The molecule has 2 atom stereocenters. The third-order valence-electron chi connectivity index (χ3n) is 2.51. The molecule has 14 heavy (non-hydrogen) atoms. The summed E-state index contributed by atoms with van der Waals surface area (Å²) in [7, 11) is 0. The molecule has 1 aliphatic rings. The van der Waals surface area contributed by atoms with Crippen molar-refractivity contribution < 1.29 is 9.53 Å². The highest BCUT2D eigenvalue weighted by Gasteiger charge is 2.27. The molecule has 1 aliphatic heterocycles. The molecule has 1 fully saturated rings. The Kier molecular flexibility index (Phi) is 3.75. The van der Waals surface area contributed by atoms with Crippen molar-refractivity contribution in [3.05, 3.63) is 0 Å². The van der Waals surface area contributed by atoms with Gasteiger partial charge in [0.2, 0.25) is 0 Å². The third-order valence-corrected chi connectivity index (χ3v) is 2.51. The summed E-state index contributed by atoms with van der Waals surface area (Å²) in [6.07, 6.45) is 1.27. The van der Waals surface area contributed by atoms with Gasteiger partial charge in [-0.2, -0.15) is 5.26 Å². The van der Waals surface area contributed by atoms with Crippen molar-refractivity contribution in [1.82, 2.24) is 4.90 Å². The van der Waals surface area contributed by atoms with Gasteiger partial charge in [-0.05, 0) is 19.8 Å². The van der Waals surface area contributed by atoms with E-state index in [1.807, 2.05) is 13.8 Å². The summed E-state index contributed by atoms with van der Waals surface area (Å²) >= 11 is 0. The van der Waals surface area contributed by atoms with E-state index < -0.39 is 0 Å². The Balaban J connectivity index is 2.36. The monoisotopic (exact) mass is 196 g/mol. The van der Waals surface area contributed by atoms with Crippen molar-refractivity contribution in [1.29, 1.82) is 5.26 Å². The Morgan fingerprint density at radius 2 is 2.50 bits per heavy atom. The Labute approximate surface area is 84.4 Å². The third kappa shape index (κ3) is 2.63. The molecule has 0 radical (unpaired) electrons. The van der Waals surface area contributed by atoms with Gasteiger partial charge in [0.25, 0.3) is 0 Å². The van der Waals surface area contributed by atoms with Crippen LogP contribution in [0.25, 0.3) is 0 Å². The summed E-state index contributed by atoms with van der Waals surface area (Å²) in [6.45, 7) is 5.01. The van der Waals surface area contributed by atoms with E-state index in [0.717, 1.165) is 12.8 Å². The second-order valence-electron chi connectivity index (χ2n) is 3.66. The molecule has 0 aromatic rings. The van der Waals surface area contributed by atoms with Crippen molar-refractivity contribution in [3.8, 4) is 6.07 Å². The van der Waals surface area contributed by atoms with Crippen LogP contribution in [0, 0.1) is 17.2 Å². The van der Waals surface area contributed by atoms with Crippen LogP contribution in [0.3, 0.4) is 0 Å². The second-order valence-corrected chi connectivity index (χ2v) is 3.66. The molecule has 1 amide bonds. The van der Waals surface area contributed by atoms with Crippen molar-refractivity contribution in [2.75, 3.05) is 13.1 Å². The maximum Gasteiger partial charge on any atom is 0.410 e. The number of hydrogen-bond donors (Lipinski definition) is 0. The van der Waals surface area contributed by atoms with Crippen molar-refractivity contribution in [2.45, 2.75) is 32.8 Å². The zero-order valence-corrected chi connectivity index (χ0v) is 8.69. The van der Waals surface area contributed by atoms with E-state index in [2.05, 4.69) is 6.07 Å². The van der Waals surface area contributed by atoms with Crippen LogP contribution in [-0.2, 0) is 4.74 Å². The van der Waals surface area contributed by atoms with Crippen LogP contribution >= 0.6 is 0 Å². The van der Waals surface area contributed by atoms with Crippen LogP contribution in [0.1, 0.15) is 26.7 Å². The van der Waals surface area contributed by atoms with Gasteiger partial charge in [0.15, 0.2) is 0 Å². The van der Waals surface area contributed by atoms with Crippen LogP contribution in [0.5, 0.6) is 0 Å². The number of nitriles is 1. The lowest BCUT2D eigenvalue weighted by Crippen LogP contribution is -2.31. The quantitative estimate of drug-likeness (QED) is 0.676. The number of carbonyl (C=O) groups is 1. The Morgan fingerprint density at radius 3 is 3.00 bits per heavy atom. The molecule has 0 bridgehead atoms. The summed E-state index contributed by atoms with van der Waals surface area (Å²) in [5, 5.41) is 8.66. The normalized spacial score (nSPS) is 22.9. The number of ether oxygens (including phenoxy) is 1. The van der Waals surface area contributed by atoms with E-state index in [-0.39, 0.29) is 18.1 Å². The topological polar surface area (TPSA) is 53.3 Å². The maximum atomic E-state index is 11.5. The van der Waals surface area contributed by atoms with Crippen molar-refractivity contribution >= 4 is 6.09 Å². The molecule has 78 valence electrons. The largest absolute Gasteiger partial charge is 0.446 e. The number of rotatable bonds is 2. The Hall–Kier alpha value is -1.24. The Bertz CT molecular complexity index is 247. The molecule has 0 aromatic carbocycles. The zero-order valence-electron chi connectivity index (χ0n) is 8.69. The summed E-state index contributed by atoms with van der Waals surface area (Å²) in [5.41, 5.74) is 0. The fraction of sp³-hybridized carbons (Fsp3) is 0.800. The van der Waals surface area contributed by atoms with Crippen LogP contribution in [0.2, 0.25) is 0 Å². The molecule has 0 aromatic heterocycles. The molecule has 0 N–H and O–H groups in total. The van der Waals surface area contributed by atoms with Crippen LogP contribution < -0.4 is 0 Å². The SMILES string of the molecule is CCC(C)OC(=O)N1CCC(C#N)C1. The molecule has 4 heteroatoms. The summed E-state index contributed by atoms with van der Waals surface area (Å²) in [6, 6.07) is 2.17. The lowest BCUT2D eigenvalue weighted by atomic mass is 10.1. The highest BCUT2D eigenvalue weighted by atomic mass is 16.6. The average Bonchev–Trinajstić information content (AvgIpc) is 2.65. The molecule has 0 spiro atoms. The predicted octanol–water partition coefficient (Wildman–Crippen LogP) is 1.77. The molecular weight excluding hydrogens is 180 g/mol. The number of hydrogen-bond acceptors (Lipinski definition) is 3. The molecule has 1 saturated heterocycles. The van der Waals surface area contributed by atoms with Gasteiger partial charge in [0, 0.05) is 13.1 Å². The number of carbonyl (C=O) groups excluding carboxylic acids is 1. The first-order valence-electron chi connectivity index (χ1n) is 5.02. The molecule has 0 saturated carbocycles. The molecule has 1 rings (SSSR count). The van der Waals surface area contributed by atoms with Gasteiger partial charge < -0.3 is 9.64 Å². The predicted molar refractivity (Wildman–Crippen MR) is 51.5 cm³/mol. The van der Waals surface area contributed by atoms with Crippen molar-refractivity contribution in [3.63, 3.8) is 0 Å². The highest BCUT2D eigenvalue weighted by Crippen LogP contribution is 2.16. The van der Waals surface area contributed by atoms with Crippen LogP contribution in [-0.4, -0.2) is 30.2 Å². The summed E-state index contributed by atoms with van der Waals surface area (Å²) in [4.78, 5) is 13.1. The molecule has 1 heterocycles. The Morgan fingerprint density at radius 1 is 1.79 bits per heavy atom. The average molecular weight is 196 g/mol. The first kappa shape index (κ1) is 10.8. The van der Waals surface area contributed by atoms with Gasteiger partial charge in [-0.15, -0.1) is 0 Å². The number of nitrogens with zero attached hydrogens (tertiary/aromatic N) is 2. The first-order valence-corrected chi connectivity index (χ1v) is 5.02. The second kappa shape index (κ2) is 4.85. The van der Waals surface area contributed by atoms with Crippen LogP contribution in [0.4, 0.5) is 4.79 Å². The van der Waals surface area contributed by atoms with Gasteiger partial charge in [-0.1, -0.05) is 6.92 Å². The standard InChI is InChI=1S/C10H16N2O2/c1-3-8(2)14-10(13)12-5-4-9(6-11)7-12/h8-9H,3-5,7H2,1-2H3. The fourth-order valence-electron chi connectivity index (χ4n) is 1.36. The fourth-order valence-corrected chi connectivity index (χ4v) is 1.36. The van der Waals surface area contributed by atoms with E-state index in [1.54, 1.807) is 4.90 Å². The van der Waals surface area contributed by atoms with E-state index >= 15 is 0 Å². The smallest absolute Gasteiger partial charge is 0.410 e. The molecule has 0 aliphatic carbocycles. The van der Waals surface area contributed by atoms with E-state index in [0.29, 0.717) is 13.1 Å². The molecular formula is C10H16N2O2. The van der Waals surface area contributed by atoms with Gasteiger partial charge in [0.05, 0.1) is 12.0 Å². The minimum atomic E-state index is -0.280. The van der Waals surface area contributed by atoms with Gasteiger partial charge in [-0.25, -0.2) is 4.79 Å². The maximum absolute atomic E-state index is 11.5. The summed E-state index contributed by atoms with van der Waals surface area (Å²) in [5.74, 6) is -0.0144. The lowest BCUT2D eigenvalue weighted by molar-refractivity contribution is 0.0743. The zero-order chi connectivity index (χ0) is 10.6. The van der Waals surface area contributed by atoms with E-state index in [1.165, 1.54) is 0 Å². The van der Waals surface area contributed by atoms with Crippen LogP contribution in [0.15, 0.2) is 0 Å². The van der Waals surface area contributed by atoms with E-state index in [4.69, 9.17) is 10.00 Å². The summed E-state index contributed by atoms with van der Waals surface area (Å²) < 4.78 is 5.15. The van der Waals surface area contributed by atoms with Gasteiger partial charge in [-0.3, -0.25) is 0 Å². The van der Waals surface area contributed by atoms with Gasteiger partial charge >= 0.3 is 6.09 Å². The van der Waals surface area contributed by atoms with Gasteiger partial charge in [0.1, 0.15) is 6.10 Å². The lowest BCUT2D eigenvalue weighted by Gasteiger charge is -2.18. The first-order chi connectivity index (χ1) is 6.67. The highest BCUT2D eigenvalue weighted by molar-refractivity contribution is 5.68. The van der Waals surface area contributed by atoms with Crippen molar-refractivity contribution in [2.24, 2.45) is 5.92 Å². The van der Waals surface area contributed by atoms with E-state index in [9.17, 15) is 4.79 Å². The minimum absolute atomic E-state index is 0.0144. The number of likely N-dealkylation sites (tertiary alicyclic amines) is 1.